The first-order valence-corrected chi connectivity index (χ1v) is 12.3. The first-order valence-electron chi connectivity index (χ1n) is 12.3. The number of rotatable bonds is 14. The first-order chi connectivity index (χ1) is 16.9. The molecular weight excluding hydrogens is 448 g/mol. The molecule has 8 heteroatoms. The highest BCUT2D eigenvalue weighted by molar-refractivity contribution is 5.74. The van der Waals surface area contributed by atoms with Crippen LogP contribution in [0, 0.1) is 13.8 Å². The average Bonchev–Trinajstić information content (AvgIpc) is 3.26. The number of carbonyl (C=O) groups is 1. The Kier molecular flexibility index (Phi) is 10.3. The number of hydrogen-bond donors (Lipinski definition) is 4. The van der Waals surface area contributed by atoms with Crippen LogP contribution in [-0.2, 0) is 4.79 Å². The standard InChI is InChI=1S/C27H38N2O6/c1-19-22(7-3-9-25(19)34-15-5-12-28-24(18-30)27(32)33)23-8-4-10-26(20(23)2)35-16-6-13-29-14-11-21(31)17-29/h3-4,7-10,21,24,28,30-31H,5-6,11-18H2,1-2H3,(H,32,33)/t21-,24?/m1/s1. The molecule has 1 unspecified atom stereocenters. The maximum Gasteiger partial charge on any atom is 0.323 e. The van der Waals surface area contributed by atoms with E-state index in [-0.39, 0.29) is 6.10 Å². The lowest BCUT2D eigenvalue weighted by Crippen LogP contribution is -2.40. The highest BCUT2D eigenvalue weighted by Crippen LogP contribution is 2.35. The van der Waals surface area contributed by atoms with Gasteiger partial charge in [0.15, 0.2) is 0 Å². The first kappa shape index (κ1) is 26.9. The van der Waals surface area contributed by atoms with Gasteiger partial charge >= 0.3 is 5.97 Å². The number of β-amino-alcohol motifs (C(OH)–C–C–N with tert-alkyl or cyclic N) is 1. The molecule has 8 nitrogen and oxygen atoms in total. The van der Waals surface area contributed by atoms with Crippen LogP contribution in [-0.4, -0.2) is 84.3 Å². The summed E-state index contributed by atoms with van der Waals surface area (Å²) in [7, 11) is 0. The Labute approximate surface area is 207 Å². The number of hydrogen-bond acceptors (Lipinski definition) is 7. The van der Waals surface area contributed by atoms with Crippen molar-refractivity contribution in [2.75, 3.05) is 46.0 Å². The predicted molar refractivity (Wildman–Crippen MR) is 135 cm³/mol. The summed E-state index contributed by atoms with van der Waals surface area (Å²) in [4.78, 5) is 13.2. The van der Waals surface area contributed by atoms with Crippen molar-refractivity contribution in [3.8, 4) is 22.6 Å². The lowest BCUT2D eigenvalue weighted by atomic mass is 9.95. The third-order valence-electron chi connectivity index (χ3n) is 6.43. The van der Waals surface area contributed by atoms with E-state index in [9.17, 15) is 9.90 Å². The van der Waals surface area contributed by atoms with Crippen LogP contribution in [0.25, 0.3) is 11.1 Å². The number of aliphatic hydroxyl groups excluding tert-OH is 2. The van der Waals surface area contributed by atoms with Crippen LogP contribution < -0.4 is 14.8 Å². The van der Waals surface area contributed by atoms with E-state index in [1.54, 1.807) is 0 Å². The molecule has 1 fully saturated rings. The van der Waals surface area contributed by atoms with Crippen LogP contribution in [0.2, 0.25) is 0 Å². The second-order valence-corrected chi connectivity index (χ2v) is 9.03. The molecule has 1 aliphatic rings. The highest BCUT2D eigenvalue weighted by atomic mass is 16.5. The van der Waals surface area contributed by atoms with Crippen LogP contribution in [0.15, 0.2) is 36.4 Å². The van der Waals surface area contributed by atoms with Crippen molar-refractivity contribution in [2.45, 2.75) is 45.3 Å². The van der Waals surface area contributed by atoms with E-state index in [4.69, 9.17) is 19.7 Å². The van der Waals surface area contributed by atoms with Gasteiger partial charge in [-0.2, -0.15) is 0 Å². The minimum Gasteiger partial charge on any atom is -0.493 e. The van der Waals surface area contributed by atoms with Crippen molar-refractivity contribution in [3.05, 3.63) is 47.5 Å². The Morgan fingerprint density at radius 3 is 2.17 bits per heavy atom. The Morgan fingerprint density at radius 2 is 1.66 bits per heavy atom. The van der Waals surface area contributed by atoms with Crippen LogP contribution in [0.4, 0.5) is 0 Å². The minimum atomic E-state index is -1.06. The van der Waals surface area contributed by atoms with E-state index >= 15 is 0 Å². The number of carboxylic acid groups (broad SMARTS) is 1. The zero-order chi connectivity index (χ0) is 25.2. The van der Waals surface area contributed by atoms with Crippen molar-refractivity contribution in [3.63, 3.8) is 0 Å². The lowest BCUT2D eigenvalue weighted by molar-refractivity contribution is -0.140. The molecule has 0 aromatic heterocycles. The number of likely N-dealkylation sites (tertiary alicyclic amines) is 1. The fourth-order valence-electron chi connectivity index (χ4n) is 4.37. The molecule has 0 radical (unpaired) electrons. The molecule has 1 saturated heterocycles. The molecule has 4 N–H and O–H groups in total. The number of aliphatic carboxylic acids is 1. The topological polar surface area (TPSA) is 111 Å². The Bertz CT molecular complexity index is 967. The van der Waals surface area contributed by atoms with E-state index in [2.05, 4.69) is 29.3 Å². The summed E-state index contributed by atoms with van der Waals surface area (Å²) in [6.45, 7) is 7.81. The molecule has 1 aliphatic heterocycles. The molecule has 0 saturated carbocycles. The number of aliphatic hydroxyl groups is 2. The molecule has 35 heavy (non-hydrogen) atoms. The number of nitrogens with one attached hydrogen (secondary N) is 1. The summed E-state index contributed by atoms with van der Waals surface area (Å²) >= 11 is 0. The van der Waals surface area contributed by atoms with Gasteiger partial charge in [-0.05, 0) is 74.0 Å². The van der Waals surface area contributed by atoms with Crippen molar-refractivity contribution in [1.29, 1.82) is 0 Å². The van der Waals surface area contributed by atoms with Crippen molar-refractivity contribution < 1.29 is 29.6 Å². The van der Waals surface area contributed by atoms with Crippen LogP contribution in [0.1, 0.15) is 30.4 Å². The predicted octanol–water partition coefficient (Wildman–Crippen LogP) is 2.61. The second kappa shape index (κ2) is 13.4. The van der Waals surface area contributed by atoms with Gasteiger partial charge in [0.05, 0.1) is 25.9 Å². The number of carboxylic acids is 1. The molecule has 2 aromatic rings. The number of benzene rings is 2. The maximum atomic E-state index is 10.9. The molecule has 1 heterocycles. The SMILES string of the molecule is Cc1c(OCCCNC(CO)C(=O)O)cccc1-c1cccc(OCCCN2CC[C@@H](O)C2)c1C. The molecule has 3 rings (SSSR count). The molecule has 0 bridgehead atoms. The van der Waals surface area contributed by atoms with Gasteiger partial charge < -0.3 is 35.0 Å². The lowest BCUT2D eigenvalue weighted by Gasteiger charge is -2.18. The van der Waals surface area contributed by atoms with Crippen LogP contribution in [0.3, 0.4) is 0 Å². The fraction of sp³-hybridized carbons (Fsp3) is 0.519. The number of nitrogens with zero attached hydrogens (tertiary/aromatic N) is 1. The van der Waals surface area contributed by atoms with Crippen molar-refractivity contribution in [1.82, 2.24) is 10.2 Å². The molecule has 0 amide bonds. The van der Waals surface area contributed by atoms with Gasteiger partial charge in [-0.15, -0.1) is 0 Å². The molecule has 0 spiro atoms. The van der Waals surface area contributed by atoms with Gasteiger partial charge in [0, 0.05) is 19.6 Å². The van der Waals surface area contributed by atoms with Crippen molar-refractivity contribution >= 4 is 5.97 Å². The smallest absolute Gasteiger partial charge is 0.323 e. The van der Waals surface area contributed by atoms with E-state index in [1.807, 2.05) is 31.2 Å². The molecular formula is C27H38N2O6. The van der Waals surface area contributed by atoms with Gasteiger partial charge in [-0.25, -0.2) is 0 Å². The Hall–Kier alpha value is -2.65. The quantitative estimate of drug-likeness (QED) is 0.302. The summed E-state index contributed by atoms with van der Waals surface area (Å²) < 4.78 is 12.1. The van der Waals surface area contributed by atoms with Gasteiger partial charge in [0.1, 0.15) is 17.5 Å². The highest BCUT2D eigenvalue weighted by Gasteiger charge is 2.19. The van der Waals surface area contributed by atoms with Crippen molar-refractivity contribution in [2.24, 2.45) is 0 Å². The summed E-state index contributed by atoms with van der Waals surface area (Å²) in [6, 6.07) is 11.1. The normalized spacial score (nSPS) is 16.9. The van der Waals surface area contributed by atoms with Gasteiger partial charge in [-0.1, -0.05) is 24.3 Å². The largest absolute Gasteiger partial charge is 0.493 e. The number of ether oxygens (including phenoxy) is 2. The summed E-state index contributed by atoms with van der Waals surface area (Å²) in [5.41, 5.74) is 4.30. The summed E-state index contributed by atoms with van der Waals surface area (Å²) in [6.07, 6.45) is 2.20. The maximum absolute atomic E-state index is 10.9. The van der Waals surface area contributed by atoms with E-state index in [0.717, 1.165) is 66.2 Å². The summed E-state index contributed by atoms with van der Waals surface area (Å²) in [5, 5.41) is 30.5. The van der Waals surface area contributed by atoms with Gasteiger partial charge in [0.25, 0.3) is 0 Å². The zero-order valence-corrected chi connectivity index (χ0v) is 20.7. The molecule has 2 aromatic carbocycles. The Morgan fingerprint density at radius 1 is 1.06 bits per heavy atom. The van der Waals surface area contributed by atoms with Crippen LogP contribution in [0.5, 0.6) is 11.5 Å². The third kappa shape index (κ3) is 7.67. The molecule has 2 atom stereocenters. The molecule has 192 valence electrons. The Balaban J connectivity index is 1.55. The van der Waals surface area contributed by atoms with Gasteiger partial charge in [0.2, 0.25) is 0 Å². The van der Waals surface area contributed by atoms with Gasteiger partial charge in [-0.3, -0.25) is 4.79 Å². The van der Waals surface area contributed by atoms with E-state index in [0.29, 0.717) is 26.2 Å². The van der Waals surface area contributed by atoms with E-state index < -0.39 is 18.6 Å². The average molecular weight is 487 g/mol. The van der Waals surface area contributed by atoms with Crippen LogP contribution >= 0.6 is 0 Å². The minimum absolute atomic E-state index is 0.190. The fourth-order valence-corrected chi connectivity index (χ4v) is 4.37. The summed E-state index contributed by atoms with van der Waals surface area (Å²) in [5.74, 6) is 0.598. The second-order valence-electron chi connectivity index (χ2n) is 9.03. The zero-order valence-electron chi connectivity index (χ0n) is 20.7. The van der Waals surface area contributed by atoms with E-state index in [1.165, 1.54) is 0 Å². The third-order valence-corrected chi connectivity index (χ3v) is 6.43. The molecule has 0 aliphatic carbocycles. The monoisotopic (exact) mass is 486 g/mol.